The molecule has 1 saturated carbocycles. The van der Waals surface area contributed by atoms with E-state index >= 15 is 0 Å². The topological polar surface area (TPSA) is 59.6 Å². The fraction of sp³-hybridized carbons (Fsp3) is 0.667. The normalized spacial score (nSPS) is 25.1. The highest BCUT2D eigenvalue weighted by molar-refractivity contribution is 5.95. The van der Waals surface area contributed by atoms with E-state index in [1.807, 2.05) is 32.0 Å². The van der Waals surface area contributed by atoms with Crippen LogP contribution in [0.2, 0.25) is 0 Å². The van der Waals surface area contributed by atoms with E-state index in [9.17, 15) is 4.79 Å². The lowest BCUT2D eigenvalue weighted by atomic mass is 9.85. The molecule has 0 spiro atoms. The van der Waals surface area contributed by atoms with Gasteiger partial charge in [0.25, 0.3) is 0 Å². The minimum absolute atomic E-state index is 0.0615. The highest BCUT2D eigenvalue weighted by atomic mass is 16.5. The number of rotatable bonds is 8. The van der Waals surface area contributed by atoms with Gasteiger partial charge in [0.15, 0.2) is 0 Å². The number of hydrogen-bond acceptors (Lipinski definition) is 4. The van der Waals surface area contributed by atoms with E-state index in [0.29, 0.717) is 38.4 Å². The molecule has 1 amide bonds. The predicted octanol–water partition coefficient (Wildman–Crippen LogP) is 3.41. The van der Waals surface area contributed by atoms with Crippen LogP contribution in [-0.2, 0) is 20.9 Å². The first-order valence-electron chi connectivity index (χ1n) is 10.00. The predicted molar refractivity (Wildman–Crippen MR) is 103 cm³/mol. The van der Waals surface area contributed by atoms with Crippen LogP contribution in [0.1, 0.15) is 50.2 Å². The lowest BCUT2D eigenvalue weighted by Crippen LogP contribution is -2.40. The van der Waals surface area contributed by atoms with Gasteiger partial charge in [0, 0.05) is 18.3 Å². The summed E-state index contributed by atoms with van der Waals surface area (Å²) in [5, 5.41) is 6.68. The molecule has 1 aliphatic heterocycles. The van der Waals surface area contributed by atoms with Gasteiger partial charge >= 0.3 is 0 Å². The van der Waals surface area contributed by atoms with Gasteiger partial charge in [0.05, 0.1) is 25.9 Å². The van der Waals surface area contributed by atoms with Gasteiger partial charge in [0.1, 0.15) is 0 Å². The molecule has 3 atom stereocenters. The molecule has 26 heavy (non-hydrogen) atoms. The molecule has 1 aromatic rings. The summed E-state index contributed by atoms with van der Waals surface area (Å²) in [4.78, 5) is 12.7. The zero-order valence-corrected chi connectivity index (χ0v) is 16.1. The molecule has 2 aliphatic rings. The summed E-state index contributed by atoms with van der Waals surface area (Å²) in [5.41, 5.74) is 3.07. The smallest absolute Gasteiger partial charge is 0.241 e. The van der Waals surface area contributed by atoms with Crippen LogP contribution in [0.5, 0.6) is 0 Å². The number of nitrogens with one attached hydrogen (secondary N) is 2. The summed E-state index contributed by atoms with van der Waals surface area (Å²) < 4.78 is 11.0. The summed E-state index contributed by atoms with van der Waals surface area (Å²) in [6.07, 6.45) is 6.03. The molecule has 1 heterocycles. The number of amides is 1. The first kappa shape index (κ1) is 19.3. The second-order valence-electron chi connectivity index (χ2n) is 7.43. The van der Waals surface area contributed by atoms with Crippen LogP contribution in [0, 0.1) is 12.8 Å². The molecular formula is C21H32N2O3. The maximum Gasteiger partial charge on any atom is 0.241 e. The molecule has 1 aliphatic carbocycles. The van der Waals surface area contributed by atoms with Crippen LogP contribution >= 0.6 is 0 Å². The van der Waals surface area contributed by atoms with Crippen molar-refractivity contribution in [2.75, 3.05) is 25.1 Å². The zero-order chi connectivity index (χ0) is 18.4. The monoisotopic (exact) mass is 360 g/mol. The molecule has 5 nitrogen and oxygen atoms in total. The Bertz CT molecular complexity index is 591. The molecule has 144 valence electrons. The Morgan fingerprint density at radius 3 is 2.85 bits per heavy atom. The van der Waals surface area contributed by atoms with Crippen molar-refractivity contribution in [3.63, 3.8) is 0 Å². The van der Waals surface area contributed by atoms with Crippen LogP contribution in [0.3, 0.4) is 0 Å². The molecule has 0 bridgehead atoms. The third-order valence-electron chi connectivity index (χ3n) is 5.72. The fourth-order valence-corrected chi connectivity index (χ4v) is 4.16. The average molecular weight is 360 g/mol. The molecule has 1 saturated heterocycles. The molecule has 1 aromatic carbocycles. The highest BCUT2D eigenvalue weighted by Gasteiger charge is 2.38. The van der Waals surface area contributed by atoms with E-state index in [1.165, 1.54) is 25.7 Å². The molecule has 3 unspecified atom stereocenters. The fourth-order valence-electron chi connectivity index (χ4n) is 4.16. The third-order valence-corrected chi connectivity index (χ3v) is 5.72. The maximum atomic E-state index is 12.7. The van der Waals surface area contributed by atoms with Crippen molar-refractivity contribution in [2.45, 2.75) is 64.6 Å². The summed E-state index contributed by atoms with van der Waals surface area (Å²) >= 11 is 0. The molecule has 0 aromatic heterocycles. The Hall–Kier alpha value is -1.43. The number of anilines is 1. The zero-order valence-electron chi connectivity index (χ0n) is 16.1. The molecule has 5 heteroatoms. The lowest BCUT2D eigenvalue weighted by molar-refractivity contribution is -0.117. The Morgan fingerprint density at radius 1 is 1.23 bits per heavy atom. The Labute approximate surface area is 156 Å². The van der Waals surface area contributed by atoms with Crippen LogP contribution in [0.15, 0.2) is 18.2 Å². The van der Waals surface area contributed by atoms with Gasteiger partial charge in [-0.15, -0.1) is 0 Å². The maximum absolute atomic E-state index is 12.7. The SMILES string of the molecule is CCOCCOCc1cccc(NC(=O)C2CC3CCCCC3N2)c1C. The van der Waals surface area contributed by atoms with Crippen LogP contribution in [0.25, 0.3) is 0 Å². The Balaban J connectivity index is 1.54. The summed E-state index contributed by atoms with van der Waals surface area (Å²) in [6.45, 7) is 6.46. The minimum atomic E-state index is -0.0615. The highest BCUT2D eigenvalue weighted by Crippen LogP contribution is 2.33. The van der Waals surface area contributed by atoms with Crippen molar-refractivity contribution >= 4 is 11.6 Å². The second-order valence-corrected chi connectivity index (χ2v) is 7.43. The number of benzene rings is 1. The van der Waals surface area contributed by atoms with E-state index in [4.69, 9.17) is 9.47 Å². The Morgan fingerprint density at radius 2 is 2.04 bits per heavy atom. The van der Waals surface area contributed by atoms with Crippen LogP contribution < -0.4 is 10.6 Å². The average Bonchev–Trinajstić information content (AvgIpc) is 3.09. The van der Waals surface area contributed by atoms with Crippen molar-refractivity contribution < 1.29 is 14.3 Å². The number of carbonyl (C=O) groups excluding carboxylic acids is 1. The minimum Gasteiger partial charge on any atom is -0.379 e. The van der Waals surface area contributed by atoms with Gasteiger partial charge in [0.2, 0.25) is 5.91 Å². The standard InChI is InChI=1S/C21H32N2O3/c1-3-25-11-12-26-14-17-8-6-10-18(15(17)2)23-21(24)20-13-16-7-4-5-9-19(16)22-20/h6,8,10,16,19-20,22H,3-5,7,9,11-14H2,1-2H3,(H,23,24). The van der Waals surface area contributed by atoms with Crippen LogP contribution in [0.4, 0.5) is 5.69 Å². The van der Waals surface area contributed by atoms with Crippen LogP contribution in [-0.4, -0.2) is 37.8 Å². The van der Waals surface area contributed by atoms with E-state index in [-0.39, 0.29) is 11.9 Å². The number of carbonyl (C=O) groups is 1. The number of fused-ring (bicyclic) bond motifs is 1. The van der Waals surface area contributed by atoms with Gasteiger partial charge in [-0.2, -0.15) is 0 Å². The molecule has 2 N–H and O–H groups in total. The Kier molecular flexibility index (Phi) is 7.06. The van der Waals surface area contributed by atoms with E-state index in [0.717, 1.165) is 23.2 Å². The van der Waals surface area contributed by atoms with E-state index < -0.39 is 0 Å². The summed E-state index contributed by atoms with van der Waals surface area (Å²) in [7, 11) is 0. The van der Waals surface area contributed by atoms with Crippen molar-refractivity contribution in [3.05, 3.63) is 29.3 Å². The van der Waals surface area contributed by atoms with Gasteiger partial charge in [-0.05, 0) is 56.2 Å². The largest absolute Gasteiger partial charge is 0.379 e. The van der Waals surface area contributed by atoms with Gasteiger partial charge < -0.3 is 20.1 Å². The summed E-state index contributed by atoms with van der Waals surface area (Å²) in [6, 6.07) is 6.47. The van der Waals surface area contributed by atoms with Crippen molar-refractivity contribution in [3.8, 4) is 0 Å². The van der Waals surface area contributed by atoms with Gasteiger partial charge in [-0.3, -0.25) is 4.79 Å². The van der Waals surface area contributed by atoms with Crippen molar-refractivity contribution in [1.82, 2.24) is 5.32 Å². The molecule has 2 fully saturated rings. The van der Waals surface area contributed by atoms with E-state index in [2.05, 4.69) is 10.6 Å². The quantitative estimate of drug-likeness (QED) is 0.698. The van der Waals surface area contributed by atoms with Gasteiger partial charge in [-0.1, -0.05) is 25.0 Å². The first-order valence-corrected chi connectivity index (χ1v) is 10.00. The first-order chi connectivity index (χ1) is 12.7. The number of hydrogen-bond donors (Lipinski definition) is 2. The second kappa shape index (κ2) is 9.49. The van der Waals surface area contributed by atoms with E-state index in [1.54, 1.807) is 0 Å². The summed E-state index contributed by atoms with van der Waals surface area (Å²) in [5.74, 6) is 0.766. The lowest BCUT2D eigenvalue weighted by Gasteiger charge is -2.24. The third kappa shape index (κ3) is 4.84. The van der Waals surface area contributed by atoms with Gasteiger partial charge in [-0.25, -0.2) is 0 Å². The molecular weight excluding hydrogens is 328 g/mol. The molecule has 3 rings (SSSR count). The molecule has 0 radical (unpaired) electrons. The number of ether oxygens (including phenoxy) is 2. The van der Waals surface area contributed by atoms with Crippen molar-refractivity contribution in [1.29, 1.82) is 0 Å². The van der Waals surface area contributed by atoms with Crippen molar-refractivity contribution in [2.24, 2.45) is 5.92 Å².